The molecule has 1 aromatic carbocycles. The average Bonchev–Trinajstić information content (AvgIpc) is 3.00. The number of carbonyl (C=O) groups excluding carboxylic acids is 2. The normalized spacial score (nSPS) is 15.8. The number of hydrogen-bond acceptors (Lipinski definition) is 3. The van der Waals surface area contributed by atoms with Gasteiger partial charge in [0.1, 0.15) is 11.9 Å². The van der Waals surface area contributed by atoms with E-state index < -0.39 is 6.04 Å². The van der Waals surface area contributed by atoms with Crippen LogP contribution in [0.2, 0.25) is 0 Å². The largest absolute Gasteiger partial charge is 0.347 e. The fourth-order valence-corrected chi connectivity index (χ4v) is 3.51. The highest BCUT2D eigenvalue weighted by Gasteiger charge is 2.36. The van der Waals surface area contributed by atoms with E-state index >= 15 is 0 Å². The predicted molar refractivity (Wildman–Crippen MR) is 86.7 cm³/mol. The molecule has 1 saturated heterocycles. The maximum Gasteiger partial charge on any atom is 0.245 e. The summed E-state index contributed by atoms with van der Waals surface area (Å²) in [5.74, 6) is -0.320. The van der Waals surface area contributed by atoms with E-state index in [1.165, 1.54) is 6.07 Å². The molecule has 1 aliphatic rings. The molecule has 6 heteroatoms. The second kappa shape index (κ2) is 6.91. The van der Waals surface area contributed by atoms with Crippen LogP contribution in [0.15, 0.2) is 41.1 Å². The first kappa shape index (κ1) is 15.7. The second-order valence-corrected chi connectivity index (χ2v) is 6.41. The third-order valence-electron chi connectivity index (χ3n) is 4.13. The molecule has 1 aliphatic heterocycles. The summed E-state index contributed by atoms with van der Waals surface area (Å²) < 4.78 is 13.8. The lowest BCUT2D eigenvalue weighted by Gasteiger charge is -2.41. The van der Waals surface area contributed by atoms with Crippen molar-refractivity contribution in [1.29, 1.82) is 0 Å². The maximum absolute atomic E-state index is 13.8. The average molecular weight is 332 g/mol. The standard InChI is InChI=1S/C17H17FN2O2S/c18-15-4-2-1-3-14(15)13-8-20(9-13)17(22)16(19-11-21)7-12-5-6-23-10-12/h1-6,10-11,13,16H,7-9H2,(H,19,21). The highest BCUT2D eigenvalue weighted by atomic mass is 32.1. The summed E-state index contributed by atoms with van der Waals surface area (Å²) in [7, 11) is 0. The van der Waals surface area contributed by atoms with Crippen molar-refractivity contribution < 1.29 is 14.0 Å². The molecule has 3 rings (SSSR count). The van der Waals surface area contributed by atoms with Crippen LogP contribution in [0.3, 0.4) is 0 Å². The Hall–Kier alpha value is -2.21. The van der Waals surface area contributed by atoms with Crippen molar-refractivity contribution in [1.82, 2.24) is 10.2 Å². The zero-order valence-corrected chi connectivity index (χ0v) is 13.3. The quantitative estimate of drug-likeness (QED) is 0.824. The Morgan fingerprint density at radius 1 is 1.39 bits per heavy atom. The molecule has 2 aromatic rings. The molecule has 0 saturated carbocycles. The molecule has 0 spiro atoms. The summed E-state index contributed by atoms with van der Waals surface area (Å²) >= 11 is 1.56. The number of amides is 2. The van der Waals surface area contributed by atoms with E-state index in [0.29, 0.717) is 31.5 Å². The Labute approximate surface area is 137 Å². The van der Waals surface area contributed by atoms with Crippen molar-refractivity contribution in [3.8, 4) is 0 Å². The summed E-state index contributed by atoms with van der Waals surface area (Å²) in [6, 6.07) is 8.03. The van der Waals surface area contributed by atoms with Crippen molar-refractivity contribution in [2.45, 2.75) is 18.4 Å². The van der Waals surface area contributed by atoms with Crippen LogP contribution < -0.4 is 5.32 Å². The van der Waals surface area contributed by atoms with Crippen molar-refractivity contribution in [2.24, 2.45) is 0 Å². The third-order valence-corrected chi connectivity index (χ3v) is 4.86. The van der Waals surface area contributed by atoms with Crippen LogP contribution in [-0.4, -0.2) is 36.3 Å². The highest BCUT2D eigenvalue weighted by Crippen LogP contribution is 2.29. The molecule has 4 nitrogen and oxygen atoms in total. The first-order chi connectivity index (χ1) is 11.2. The molecule has 1 aromatic heterocycles. The van der Waals surface area contributed by atoms with Crippen LogP contribution in [0, 0.1) is 5.82 Å². The van der Waals surface area contributed by atoms with E-state index in [2.05, 4.69) is 5.32 Å². The van der Waals surface area contributed by atoms with Crippen LogP contribution >= 0.6 is 11.3 Å². The van der Waals surface area contributed by atoms with Crippen LogP contribution in [-0.2, 0) is 16.0 Å². The van der Waals surface area contributed by atoms with E-state index in [9.17, 15) is 14.0 Å². The van der Waals surface area contributed by atoms with Gasteiger partial charge in [-0.25, -0.2) is 4.39 Å². The Balaban J connectivity index is 1.62. The molecule has 1 unspecified atom stereocenters. The van der Waals surface area contributed by atoms with Crippen LogP contribution in [0.4, 0.5) is 4.39 Å². The fraction of sp³-hybridized carbons (Fsp3) is 0.294. The lowest BCUT2D eigenvalue weighted by atomic mass is 9.90. The summed E-state index contributed by atoms with van der Waals surface area (Å²) in [5, 5.41) is 6.50. The third kappa shape index (κ3) is 3.42. The number of nitrogens with one attached hydrogen (secondary N) is 1. The number of hydrogen-bond donors (Lipinski definition) is 1. The second-order valence-electron chi connectivity index (χ2n) is 5.63. The Morgan fingerprint density at radius 3 is 2.83 bits per heavy atom. The maximum atomic E-state index is 13.8. The molecule has 2 heterocycles. The number of thiophene rings is 1. The molecule has 1 atom stereocenters. The van der Waals surface area contributed by atoms with Gasteiger partial charge >= 0.3 is 0 Å². The highest BCUT2D eigenvalue weighted by molar-refractivity contribution is 7.07. The molecule has 2 amide bonds. The van der Waals surface area contributed by atoms with Gasteiger partial charge in [-0.2, -0.15) is 11.3 Å². The monoisotopic (exact) mass is 332 g/mol. The number of benzene rings is 1. The number of carbonyl (C=O) groups is 2. The van der Waals surface area contributed by atoms with Crippen molar-refractivity contribution in [3.05, 3.63) is 58.0 Å². The molecule has 0 aliphatic carbocycles. The number of nitrogens with zero attached hydrogens (tertiary/aromatic N) is 1. The summed E-state index contributed by atoms with van der Waals surface area (Å²) in [6.07, 6.45) is 1.03. The minimum atomic E-state index is -0.566. The Kier molecular flexibility index (Phi) is 4.71. The van der Waals surface area contributed by atoms with E-state index in [0.717, 1.165) is 5.56 Å². The van der Waals surface area contributed by atoms with E-state index in [-0.39, 0.29) is 17.6 Å². The summed E-state index contributed by atoms with van der Waals surface area (Å²) in [6.45, 7) is 0.973. The van der Waals surface area contributed by atoms with Gasteiger partial charge in [-0.05, 0) is 34.0 Å². The van der Waals surface area contributed by atoms with E-state index in [1.807, 2.05) is 16.8 Å². The molecule has 120 valence electrons. The van der Waals surface area contributed by atoms with Crippen molar-refractivity contribution in [3.63, 3.8) is 0 Å². The molecule has 0 radical (unpaired) electrons. The first-order valence-electron chi connectivity index (χ1n) is 7.43. The van der Waals surface area contributed by atoms with Crippen molar-refractivity contribution >= 4 is 23.7 Å². The van der Waals surface area contributed by atoms with Gasteiger partial charge in [0, 0.05) is 25.4 Å². The molecule has 23 heavy (non-hydrogen) atoms. The van der Waals surface area contributed by atoms with Gasteiger partial charge in [-0.3, -0.25) is 9.59 Å². The number of rotatable bonds is 6. The lowest BCUT2D eigenvalue weighted by Crippen LogP contribution is -2.55. The molecule has 1 N–H and O–H groups in total. The van der Waals surface area contributed by atoms with Gasteiger partial charge in [-0.15, -0.1) is 0 Å². The number of halogens is 1. The van der Waals surface area contributed by atoms with Gasteiger partial charge in [0.15, 0.2) is 0 Å². The molecular formula is C17H17FN2O2S. The van der Waals surface area contributed by atoms with E-state index in [1.54, 1.807) is 34.4 Å². The van der Waals surface area contributed by atoms with Gasteiger partial charge in [0.05, 0.1) is 0 Å². The smallest absolute Gasteiger partial charge is 0.245 e. The van der Waals surface area contributed by atoms with Gasteiger partial charge in [0.2, 0.25) is 12.3 Å². The van der Waals surface area contributed by atoms with Gasteiger partial charge in [0.25, 0.3) is 0 Å². The minimum Gasteiger partial charge on any atom is -0.347 e. The zero-order chi connectivity index (χ0) is 16.2. The summed E-state index contributed by atoms with van der Waals surface area (Å²) in [5.41, 5.74) is 1.67. The molecular weight excluding hydrogens is 315 g/mol. The fourth-order valence-electron chi connectivity index (χ4n) is 2.83. The number of likely N-dealkylation sites (tertiary alicyclic amines) is 1. The zero-order valence-electron chi connectivity index (χ0n) is 12.4. The topological polar surface area (TPSA) is 49.4 Å². The van der Waals surface area contributed by atoms with Crippen LogP contribution in [0.5, 0.6) is 0 Å². The SMILES string of the molecule is O=CNC(Cc1ccsc1)C(=O)N1CC(c2ccccc2F)C1. The Bertz CT molecular complexity index is 684. The minimum absolute atomic E-state index is 0.0261. The Morgan fingerprint density at radius 2 is 2.17 bits per heavy atom. The van der Waals surface area contributed by atoms with Gasteiger partial charge < -0.3 is 10.2 Å². The van der Waals surface area contributed by atoms with Crippen LogP contribution in [0.25, 0.3) is 0 Å². The van der Waals surface area contributed by atoms with E-state index in [4.69, 9.17) is 0 Å². The van der Waals surface area contributed by atoms with Gasteiger partial charge in [-0.1, -0.05) is 18.2 Å². The lowest BCUT2D eigenvalue weighted by molar-refractivity contribution is -0.139. The summed E-state index contributed by atoms with van der Waals surface area (Å²) in [4.78, 5) is 25.0. The predicted octanol–water partition coefficient (Wildman–Crippen LogP) is 2.17. The molecule has 1 fully saturated rings. The van der Waals surface area contributed by atoms with Crippen LogP contribution in [0.1, 0.15) is 17.0 Å². The molecule has 0 bridgehead atoms. The first-order valence-corrected chi connectivity index (χ1v) is 8.37. The van der Waals surface area contributed by atoms with Crippen molar-refractivity contribution in [2.75, 3.05) is 13.1 Å².